The zero-order valence-corrected chi connectivity index (χ0v) is 12.5. The van der Waals surface area contributed by atoms with E-state index in [1.807, 2.05) is 0 Å². The van der Waals surface area contributed by atoms with E-state index in [2.05, 4.69) is 4.98 Å². The van der Waals surface area contributed by atoms with Gasteiger partial charge in [-0.25, -0.2) is 9.78 Å². The minimum absolute atomic E-state index is 0.0508. The Hall–Kier alpha value is -1.82. The van der Waals surface area contributed by atoms with E-state index in [1.165, 1.54) is 6.20 Å². The summed E-state index contributed by atoms with van der Waals surface area (Å²) in [6, 6.07) is 1.55. The average molecular weight is 294 g/mol. The highest BCUT2D eigenvalue weighted by molar-refractivity contribution is 5.95. The highest BCUT2D eigenvalue weighted by Crippen LogP contribution is 2.26. The number of nitrogens with two attached hydrogens (primary N) is 1. The Kier molecular flexibility index (Phi) is 5.38. The summed E-state index contributed by atoms with van der Waals surface area (Å²) in [5, 5.41) is 0. The van der Waals surface area contributed by atoms with Crippen molar-refractivity contribution >= 4 is 11.7 Å². The summed E-state index contributed by atoms with van der Waals surface area (Å²) in [5.41, 5.74) is 6.34. The van der Waals surface area contributed by atoms with Crippen molar-refractivity contribution in [1.29, 1.82) is 0 Å². The fourth-order valence-electron chi connectivity index (χ4n) is 2.49. The first-order chi connectivity index (χ1) is 10.1. The van der Waals surface area contributed by atoms with Gasteiger partial charge in [-0.05, 0) is 26.2 Å². The molecule has 2 unspecified atom stereocenters. The third-order valence-corrected chi connectivity index (χ3v) is 3.60. The number of nitrogen functional groups attached to an aromatic ring is 1. The summed E-state index contributed by atoms with van der Waals surface area (Å²) in [4.78, 5) is 15.9. The number of hydrogen-bond acceptors (Lipinski definition) is 6. The molecule has 0 amide bonds. The van der Waals surface area contributed by atoms with Crippen LogP contribution in [0.25, 0.3) is 0 Å². The molecule has 1 aromatic heterocycles. The van der Waals surface area contributed by atoms with Gasteiger partial charge in [0.1, 0.15) is 6.10 Å². The van der Waals surface area contributed by atoms with Crippen LogP contribution in [0.3, 0.4) is 0 Å². The van der Waals surface area contributed by atoms with Gasteiger partial charge >= 0.3 is 5.97 Å². The van der Waals surface area contributed by atoms with Gasteiger partial charge in [0.2, 0.25) is 5.88 Å². The van der Waals surface area contributed by atoms with E-state index >= 15 is 0 Å². The molecule has 116 valence electrons. The van der Waals surface area contributed by atoms with Crippen LogP contribution in [0.4, 0.5) is 5.69 Å². The summed E-state index contributed by atoms with van der Waals surface area (Å²) >= 11 is 0. The number of carbonyl (C=O) groups excluding carboxylic acids is 1. The highest BCUT2D eigenvalue weighted by atomic mass is 16.5. The van der Waals surface area contributed by atoms with Crippen molar-refractivity contribution in [3.8, 4) is 5.88 Å². The number of pyridine rings is 1. The van der Waals surface area contributed by atoms with Crippen molar-refractivity contribution in [1.82, 2.24) is 4.98 Å². The van der Waals surface area contributed by atoms with Crippen LogP contribution in [0.1, 0.15) is 43.0 Å². The molecule has 21 heavy (non-hydrogen) atoms. The molecular formula is C15H22N2O4. The van der Waals surface area contributed by atoms with Crippen molar-refractivity contribution in [2.24, 2.45) is 0 Å². The van der Waals surface area contributed by atoms with E-state index in [-0.39, 0.29) is 12.2 Å². The molecule has 0 aromatic carbocycles. The molecule has 2 rings (SSSR count). The van der Waals surface area contributed by atoms with Gasteiger partial charge in [-0.1, -0.05) is 0 Å². The molecule has 1 fully saturated rings. The molecule has 0 spiro atoms. The first-order valence-corrected chi connectivity index (χ1v) is 7.26. The monoisotopic (exact) mass is 294 g/mol. The lowest BCUT2D eigenvalue weighted by atomic mass is 9.95. The summed E-state index contributed by atoms with van der Waals surface area (Å²) in [6.07, 6.45) is 5.61. The molecule has 0 radical (unpaired) electrons. The predicted molar refractivity (Wildman–Crippen MR) is 78.3 cm³/mol. The zero-order valence-electron chi connectivity index (χ0n) is 12.5. The van der Waals surface area contributed by atoms with Crippen molar-refractivity contribution in [3.05, 3.63) is 17.8 Å². The van der Waals surface area contributed by atoms with Gasteiger partial charge in [0, 0.05) is 19.6 Å². The Bertz CT molecular complexity index is 493. The number of hydrogen-bond donors (Lipinski definition) is 1. The molecule has 6 nitrogen and oxygen atoms in total. The van der Waals surface area contributed by atoms with Crippen molar-refractivity contribution in [2.45, 2.75) is 44.8 Å². The first-order valence-electron chi connectivity index (χ1n) is 7.26. The number of aromatic nitrogens is 1. The molecule has 1 aliphatic carbocycles. The van der Waals surface area contributed by atoms with E-state index < -0.39 is 5.97 Å². The summed E-state index contributed by atoms with van der Waals surface area (Å²) < 4.78 is 16.2. The molecule has 6 heteroatoms. The largest absolute Gasteiger partial charge is 0.474 e. The van der Waals surface area contributed by atoms with Gasteiger partial charge in [0.15, 0.2) is 0 Å². The van der Waals surface area contributed by atoms with E-state index in [4.69, 9.17) is 19.9 Å². The van der Waals surface area contributed by atoms with Gasteiger partial charge in [-0.2, -0.15) is 0 Å². The van der Waals surface area contributed by atoms with Gasteiger partial charge in [0.05, 0.1) is 30.2 Å². The molecule has 0 saturated heterocycles. The van der Waals surface area contributed by atoms with Gasteiger partial charge in [-0.3, -0.25) is 0 Å². The number of carbonyl (C=O) groups is 1. The minimum atomic E-state index is -0.458. The maximum absolute atomic E-state index is 11.8. The number of nitrogens with zero attached hydrogens (tertiary/aromatic N) is 1. The third kappa shape index (κ3) is 4.07. The zero-order chi connectivity index (χ0) is 15.2. The standard InChI is InChI=1S/C15H22N2O4/c1-3-20-15(18)12-8-14(17-9-13(12)16)21-11-6-4-5-10(7-11)19-2/h8-11H,3-7,16H2,1-2H3. The van der Waals surface area contributed by atoms with Crippen LogP contribution in [0.15, 0.2) is 12.3 Å². The molecule has 1 heterocycles. The van der Waals surface area contributed by atoms with E-state index in [9.17, 15) is 4.79 Å². The minimum Gasteiger partial charge on any atom is -0.474 e. The molecule has 1 aliphatic rings. The Balaban J connectivity index is 2.06. The van der Waals surface area contributed by atoms with E-state index in [0.29, 0.717) is 23.7 Å². The molecular weight excluding hydrogens is 272 g/mol. The normalized spacial score (nSPS) is 21.8. The van der Waals surface area contributed by atoms with Crippen molar-refractivity contribution in [3.63, 3.8) is 0 Å². The fraction of sp³-hybridized carbons (Fsp3) is 0.600. The molecule has 1 aromatic rings. The lowest BCUT2D eigenvalue weighted by Crippen LogP contribution is -2.29. The number of anilines is 1. The average Bonchev–Trinajstić information content (AvgIpc) is 2.49. The Labute approximate surface area is 124 Å². The highest BCUT2D eigenvalue weighted by Gasteiger charge is 2.24. The summed E-state index contributed by atoms with van der Waals surface area (Å²) in [5.74, 6) is -0.0605. The van der Waals surface area contributed by atoms with Gasteiger partial charge < -0.3 is 19.9 Å². The van der Waals surface area contributed by atoms with Crippen LogP contribution in [-0.4, -0.2) is 36.9 Å². The second-order valence-corrected chi connectivity index (χ2v) is 5.09. The van der Waals surface area contributed by atoms with Gasteiger partial charge in [0.25, 0.3) is 0 Å². The van der Waals surface area contributed by atoms with Crippen LogP contribution < -0.4 is 10.5 Å². The van der Waals surface area contributed by atoms with Crippen molar-refractivity contribution < 1.29 is 19.0 Å². The maximum atomic E-state index is 11.8. The number of methoxy groups -OCH3 is 1. The van der Waals surface area contributed by atoms with Crippen LogP contribution >= 0.6 is 0 Å². The quantitative estimate of drug-likeness (QED) is 0.838. The SMILES string of the molecule is CCOC(=O)c1cc(OC2CCCC(OC)C2)ncc1N. The topological polar surface area (TPSA) is 83.7 Å². The van der Waals surface area contributed by atoms with Crippen LogP contribution in [0, 0.1) is 0 Å². The molecule has 2 N–H and O–H groups in total. The maximum Gasteiger partial charge on any atom is 0.340 e. The molecule has 1 saturated carbocycles. The van der Waals surface area contributed by atoms with Crippen molar-refractivity contribution in [2.75, 3.05) is 19.5 Å². The smallest absolute Gasteiger partial charge is 0.340 e. The number of esters is 1. The number of ether oxygens (including phenoxy) is 3. The first kappa shape index (κ1) is 15.6. The lowest BCUT2D eigenvalue weighted by Gasteiger charge is -2.28. The Morgan fingerprint density at radius 2 is 2.19 bits per heavy atom. The van der Waals surface area contributed by atoms with Gasteiger partial charge in [-0.15, -0.1) is 0 Å². The second-order valence-electron chi connectivity index (χ2n) is 5.09. The van der Waals surface area contributed by atoms with Crippen LogP contribution in [-0.2, 0) is 9.47 Å². The Morgan fingerprint density at radius 3 is 2.90 bits per heavy atom. The predicted octanol–water partition coefficient (Wildman–Crippen LogP) is 2.18. The summed E-state index contributed by atoms with van der Waals surface area (Å²) in [7, 11) is 1.72. The van der Waals surface area contributed by atoms with Crippen LogP contribution in [0.2, 0.25) is 0 Å². The van der Waals surface area contributed by atoms with E-state index in [1.54, 1.807) is 20.1 Å². The Morgan fingerprint density at radius 1 is 1.43 bits per heavy atom. The molecule has 0 aliphatic heterocycles. The van der Waals surface area contributed by atoms with Crippen LogP contribution in [0.5, 0.6) is 5.88 Å². The number of rotatable bonds is 5. The van der Waals surface area contributed by atoms with E-state index in [0.717, 1.165) is 25.7 Å². The lowest BCUT2D eigenvalue weighted by molar-refractivity contribution is 0.0194. The third-order valence-electron chi connectivity index (χ3n) is 3.60. The summed E-state index contributed by atoms with van der Waals surface area (Å²) in [6.45, 7) is 2.05. The second kappa shape index (κ2) is 7.26. The fourth-order valence-corrected chi connectivity index (χ4v) is 2.49. The molecule has 2 atom stereocenters. The molecule has 0 bridgehead atoms.